The number of alkyl halides is 3. The van der Waals surface area contributed by atoms with E-state index in [4.69, 9.17) is 5.73 Å². The van der Waals surface area contributed by atoms with E-state index in [9.17, 15) is 18.0 Å². The Hall–Kier alpha value is -1.57. The molecule has 1 rings (SSSR count). The number of anilines is 1. The number of nitrogens with one attached hydrogen (secondary N) is 1. The fraction of sp³-hybridized carbons (Fsp3) is 0.429. The molecule has 0 aliphatic heterocycles. The lowest BCUT2D eigenvalue weighted by atomic mass is 10.0. The highest BCUT2D eigenvalue weighted by Crippen LogP contribution is 2.28. The highest BCUT2D eigenvalue weighted by Gasteiger charge is 2.54. The van der Waals surface area contributed by atoms with Crippen LogP contribution in [0.1, 0.15) is 6.92 Å². The van der Waals surface area contributed by atoms with Crippen molar-refractivity contribution in [3.05, 3.63) is 12.3 Å². The number of nitrogens with zero attached hydrogens (tertiary/aromatic N) is 1. The zero-order valence-corrected chi connectivity index (χ0v) is 7.63. The van der Waals surface area contributed by atoms with Gasteiger partial charge in [-0.1, -0.05) is 5.16 Å². The van der Waals surface area contributed by atoms with Gasteiger partial charge < -0.3 is 15.6 Å². The Morgan fingerprint density at radius 3 is 2.60 bits per heavy atom. The topological polar surface area (TPSA) is 81.2 Å². The number of carbonyl (C=O) groups excluding carboxylic acids is 1. The number of rotatable bonds is 2. The van der Waals surface area contributed by atoms with Gasteiger partial charge in [0.15, 0.2) is 11.4 Å². The van der Waals surface area contributed by atoms with E-state index in [0.717, 1.165) is 6.26 Å². The highest BCUT2D eigenvalue weighted by molar-refractivity contribution is 5.97. The number of hydrogen-bond donors (Lipinski definition) is 2. The SMILES string of the molecule is CC(N)(C(=O)Nc1ccon1)C(F)(F)F. The van der Waals surface area contributed by atoms with Gasteiger partial charge in [-0.05, 0) is 6.92 Å². The Balaban J connectivity index is 2.77. The van der Waals surface area contributed by atoms with Gasteiger partial charge in [-0.15, -0.1) is 0 Å². The van der Waals surface area contributed by atoms with Crippen LogP contribution < -0.4 is 11.1 Å². The molecule has 0 saturated heterocycles. The minimum atomic E-state index is -4.83. The molecule has 1 aromatic heterocycles. The fourth-order valence-corrected chi connectivity index (χ4v) is 0.652. The van der Waals surface area contributed by atoms with E-state index >= 15 is 0 Å². The predicted octanol–water partition coefficient (Wildman–Crippen LogP) is 0.893. The van der Waals surface area contributed by atoms with Gasteiger partial charge >= 0.3 is 6.18 Å². The van der Waals surface area contributed by atoms with Gasteiger partial charge in [-0.25, -0.2) is 0 Å². The van der Waals surface area contributed by atoms with Gasteiger partial charge in [0.25, 0.3) is 5.91 Å². The lowest BCUT2D eigenvalue weighted by molar-refractivity contribution is -0.184. The summed E-state index contributed by atoms with van der Waals surface area (Å²) in [6, 6.07) is 1.20. The number of nitrogens with two attached hydrogens (primary N) is 1. The van der Waals surface area contributed by atoms with Crippen LogP contribution in [0.5, 0.6) is 0 Å². The van der Waals surface area contributed by atoms with Crippen LogP contribution in [-0.2, 0) is 4.79 Å². The minimum absolute atomic E-state index is 0.124. The molecule has 8 heteroatoms. The number of carbonyl (C=O) groups is 1. The highest BCUT2D eigenvalue weighted by atomic mass is 19.4. The molecule has 0 spiro atoms. The number of halogens is 3. The van der Waals surface area contributed by atoms with E-state index in [1.165, 1.54) is 6.07 Å². The molecule has 0 radical (unpaired) electrons. The summed E-state index contributed by atoms with van der Waals surface area (Å²) in [4.78, 5) is 11.1. The maximum Gasteiger partial charge on any atom is 0.415 e. The van der Waals surface area contributed by atoms with E-state index in [0.29, 0.717) is 6.92 Å². The molecule has 1 heterocycles. The van der Waals surface area contributed by atoms with E-state index in [-0.39, 0.29) is 5.82 Å². The lowest BCUT2D eigenvalue weighted by Crippen LogP contribution is -2.59. The van der Waals surface area contributed by atoms with Crippen LogP contribution in [0.2, 0.25) is 0 Å². The monoisotopic (exact) mass is 223 g/mol. The Bertz CT molecular complexity index is 345. The van der Waals surface area contributed by atoms with Crippen molar-refractivity contribution < 1.29 is 22.5 Å². The number of aromatic nitrogens is 1. The summed E-state index contributed by atoms with van der Waals surface area (Å²) in [5, 5.41) is 5.10. The zero-order chi connectivity index (χ0) is 11.7. The van der Waals surface area contributed by atoms with Crippen LogP contribution >= 0.6 is 0 Å². The normalized spacial score (nSPS) is 15.8. The van der Waals surface area contributed by atoms with Gasteiger partial charge in [0, 0.05) is 6.07 Å². The van der Waals surface area contributed by atoms with Crippen molar-refractivity contribution in [1.82, 2.24) is 5.16 Å². The van der Waals surface area contributed by atoms with Crippen molar-refractivity contribution in [2.45, 2.75) is 18.6 Å². The zero-order valence-electron chi connectivity index (χ0n) is 7.63. The second kappa shape index (κ2) is 3.54. The van der Waals surface area contributed by atoms with E-state index in [1.54, 1.807) is 0 Å². The fourth-order valence-electron chi connectivity index (χ4n) is 0.652. The van der Waals surface area contributed by atoms with E-state index < -0.39 is 17.6 Å². The summed E-state index contributed by atoms with van der Waals surface area (Å²) in [5.74, 6) is -1.52. The molecular weight excluding hydrogens is 215 g/mol. The van der Waals surface area contributed by atoms with Crippen molar-refractivity contribution in [3.8, 4) is 0 Å². The van der Waals surface area contributed by atoms with Gasteiger partial charge in [-0.2, -0.15) is 13.2 Å². The molecular formula is C7H8F3N3O2. The Kier molecular flexibility index (Phi) is 2.71. The third kappa shape index (κ3) is 2.27. The third-order valence-corrected chi connectivity index (χ3v) is 1.74. The molecule has 0 aliphatic carbocycles. The first kappa shape index (κ1) is 11.5. The molecule has 0 fully saturated rings. The molecule has 0 bridgehead atoms. The molecule has 1 amide bonds. The van der Waals surface area contributed by atoms with E-state index in [2.05, 4.69) is 9.68 Å². The first-order chi connectivity index (χ1) is 6.75. The van der Waals surface area contributed by atoms with Crippen LogP contribution in [0.4, 0.5) is 19.0 Å². The van der Waals surface area contributed by atoms with Crippen molar-refractivity contribution in [2.75, 3.05) is 5.32 Å². The largest absolute Gasteiger partial charge is 0.415 e. The quantitative estimate of drug-likeness (QED) is 0.780. The average molecular weight is 223 g/mol. The van der Waals surface area contributed by atoms with Gasteiger partial charge in [-0.3, -0.25) is 4.79 Å². The molecule has 84 valence electrons. The summed E-state index contributed by atoms with van der Waals surface area (Å²) in [7, 11) is 0. The van der Waals surface area contributed by atoms with Crippen molar-refractivity contribution in [3.63, 3.8) is 0 Å². The molecule has 15 heavy (non-hydrogen) atoms. The summed E-state index contributed by atoms with van der Waals surface area (Å²) in [6.07, 6.45) is -3.72. The Labute approximate surface area is 82.4 Å². The van der Waals surface area contributed by atoms with Crippen molar-refractivity contribution >= 4 is 11.7 Å². The Morgan fingerprint density at radius 2 is 2.20 bits per heavy atom. The molecule has 0 aliphatic rings. The summed E-state index contributed by atoms with van der Waals surface area (Å²) in [5.41, 5.74) is 1.89. The Morgan fingerprint density at radius 1 is 1.60 bits per heavy atom. The second-order valence-electron chi connectivity index (χ2n) is 3.04. The molecule has 3 N–H and O–H groups in total. The summed E-state index contributed by atoms with van der Waals surface area (Å²) in [6.45, 7) is 0.572. The first-order valence-electron chi connectivity index (χ1n) is 3.82. The molecule has 0 saturated carbocycles. The standard InChI is InChI=1S/C7H8F3N3O2/c1-6(11,7(8,9)10)5(14)12-4-2-3-15-13-4/h2-3H,11H2,1H3,(H,12,13,14). The molecule has 5 nitrogen and oxygen atoms in total. The number of hydrogen-bond acceptors (Lipinski definition) is 4. The molecule has 1 aromatic rings. The lowest BCUT2D eigenvalue weighted by Gasteiger charge is -2.25. The molecule has 1 unspecified atom stereocenters. The third-order valence-electron chi connectivity index (χ3n) is 1.74. The van der Waals surface area contributed by atoms with Crippen LogP contribution in [0.15, 0.2) is 16.9 Å². The minimum Gasteiger partial charge on any atom is -0.363 e. The van der Waals surface area contributed by atoms with Gasteiger partial charge in [0.2, 0.25) is 0 Å². The van der Waals surface area contributed by atoms with Crippen LogP contribution in [0.3, 0.4) is 0 Å². The number of amides is 1. The molecule has 1 atom stereocenters. The van der Waals surface area contributed by atoms with Crippen molar-refractivity contribution in [1.29, 1.82) is 0 Å². The second-order valence-corrected chi connectivity index (χ2v) is 3.04. The van der Waals surface area contributed by atoms with Gasteiger partial charge in [0.1, 0.15) is 6.26 Å². The summed E-state index contributed by atoms with van der Waals surface area (Å²) >= 11 is 0. The molecule has 0 aromatic carbocycles. The average Bonchev–Trinajstić information content (AvgIpc) is 2.54. The summed E-state index contributed by atoms with van der Waals surface area (Å²) < 4.78 is 41.2. The predicted molar refractivity (Wildman–Crippen MR) is 43.8 cm³/mol. The van der Waals surface area contributed by atoms with Crippen LogP contribution in [0, 0.1) is 0 Å². The first-order valence-corrected chi connectivity index (χ1v) is 3.82. The van der Waals surface area contributed by atoms with Crippen LogP contribution in [0.25, 0.3) is 0 Å². The van der Waals surface area contributed by atoms with Crippen LogP contribution in [-0.4, -0.2) is 22.8 Å². The smallest absolute Gasteiger partial charge is 0.363 e. The van der Waals surface area contributed by atoms with Gasteiger partial charge in [0.05, 0.1) is 0 Å². The maximum atomic E-state index is 12.3. The van der Waals surface area contributed by atoms with E-state index in [1.807, 2.05) is 5.32 Å². The van der Waals surface area contributed by atoms with Crippen molar-refractivity contribution in [2.24, 2.45) is 5.73 Å². The maximum absolute atomic E-state index is 12.3.